The molecule has 0 bridgehead atoms. The van der Waals surface area contributed by atoms with Crippen LogP contribution in [0.4, 0.5) is 0 Å². The summed E-state index contributed by atoms with van der Waals surface area (Å²) < 4.78 is 27.7. The maximum atomic E-state index is 12.6. The lowest BCUT2D eigenvalue weighted by atomic mass is 9.77. The molecular weight excluding hydrogens is 442 g/mol. The van der Waals surface area contributed by atoms with E-state index in [4.69, 9.17) is 0 Å². The van der Waals surface area contributed by atoms with E-state index in [0.29, 0.717) is 11.5 Å². The predicted octanol–water partition coefficient (Wildman–Crippen LogP) is 3.15. The van der Waals surface area contributed by atoms with Crippen molar-refractivity contribution in [2.75, 3.05) is 6.54 Å². The minimum atomic E-state index is -3.60. The summed E-state index contributed by atoms with van der Waals surface area (Å²) in [6.45, 7) is -0.133. The molecule has 1 amide bonds. The van der Waals surface area contributed by atoms with E-state index in [1.165, 1.54) is 12.5 Å². The number of amides is 1. The summed E-state index contributed by atoms with van der Waals surface area (Å²) in [4.78, 5) is 17.0. The molecule has 1 aliphatic heterocycles. The van der Waals surface area contributed by atoms with Crippen LogP contribution in [0, 0.1) is 5.92 Å². The highest BCUT2D eigenvalue weighted by atomic mass is 79.9. The minimum Gasteiger partial charge on any atom is -0.347 e. The molecule has 146 valence electrons. The van der Waals surface area contributed by atoms with Crippen molar-refractivity contribution < 1.29 is 13.2 Å². The van der Waals surface area contributed by atoms with Gasteiger partial charge in [0.1, 0.15) is 12.4 Å². The molecule has 1 unspecified atom stereocenters. The topological polar surface area (TPSA) is 87.6 Å². The van der Waals surface area contributed by atoms with Gasteiger partial charge in [-0.15, -0.1) is 0 Å². The molecule has 1 saturated carbocycles. The van der Waals surface area contributed by atoms with Crippen LogP contribution in [-0.2, 0) is 14.8 Å². The predicted molar refractivity (Wildman–Crippen MR) is 111 cm³/mol. The molecule has 8 heteroatoms. The van der Waals surface area contributed by atoms with E-state index in [2.05, 4.69) is 31.0 Å². The second-order valence-corrected chi connectivity index (χ2v) is 9.62. The molecule has 1 heterocycles. The molecule has 1 aliphatic carbocycles. The number of rotatable bonds is 5. The van der Waals surface area contributed by atoms with E-state index in [0.717, 1.165) is 22.9 Å². The van der Waals surface area contributed by atoms with Gasteiger partial charge in [0, 0.05) is 10.0 Å². The summed E-state index contributed by atoms with van der Waals surface area (Å²) >= 11 is 3.44. The zero-order valence-electron chi connectivity index (χ0n) is 15.1. The fourth-order valence-electron chi connectivity index (χ4n) is 3.54. The van der Waals surface area contributed by atoms with Gasteiger partial charge >= 0.3 is 0 Å². The van der Waals surface area contributed by atoms with Crippen LogP contribution >= 0.6 is 15.9 Å². The normalized spacial score (nSPS) is 20.1. The molecular formula is C20H20BrN3O3S. The zero-order chi connectivity index (χ0) is 19.7. The highest BCUT2D eigenvalue weighted by Crippen LogP contribution is 2.38. The molecule has 1 atom stereocenters. The van der Waals surface area contributed by atoms with E-state index >= 15 is 0 Å². The standard InChI is InChI=1S/C20H20BrN3O3S/c21-15-10-8-14(9-11-15)19(13-4-3-5-13)23-18(25)12-22-20-16-6-1-2-7-17(16)28(26,27)24-20/h1-2,6-11,13,19H,3-5,12H2,(H,22,24)(H,23,25). The molecule has 6 nitrogen and oxygen atoms in total. The SMILES string of the molecule is O=C(CN=C1NS(=O)(=O)c2ccccc21)NC(c1ccc(Br)cc1)C1CCC1. The summed E-state index contributed by atoms with van der Waals surface area (Å²) in [5.74, 6) is 0.411. The molecule has 2 N–H and O–H groups in total. The molecule has 0 aromatic heterocycles. The van der Waals surface area contributed by atoms with E-state index in [-0.39, 0.29) is 29.2 Å². The first-order chi connectivity index (χ1) is 13.4. The fourth-order valence-corrected chi connectivity index (χ4v) is 5.05. The number of carbonyl (C=O) groups excluding carboxylic acids is 1. The highest BCUT2D eigenvalue weighted by molar-refractivity contribution is 9.10. The molecule has 0 saturated heterocycles. The smallest absolute Gasteiger partial charge is 0.263 e. The van der Waals surface area contributed by atoms with Crippen LogP contribution in [0.2, 0.25) is 0 Å². The highest BCUT2D eigenvalue weighted by Gasteiger charge is 2.31. The van der Waals surface area contributed by atoms with Crippen LogP contribution in [-0.4, -0.2) is 26.7 Å². The molecule has 0 radical (unpaired) electrons. The number of fused-ring (bicyclic) bond motifs is 1. The van der Waals surface area contributed by atoms with Gasteiger partial charge in [0.25, 0.3) is 10.0 Å². The lowest BCUT2D eigenvalue weighted by Crippen LogP contribution is -2.37. The molecule has 0 spiro atoms. The van der Waals surface area contributed by atoms with Crippen LogP contribution in [0.1, 0.15) is 36.4 Å². The van der Waals surface area contributed by atoms with Gasteiger partial charge < -0.3 is 5.32 Å². The van der Waals surface area contributed by atoms with Gasteiger partial charge in [-0.1, -0.05) is 46.6 Å². The van der Waals surface area contributed by atoms with Gasteiger partial charge in [0.2, 0.25) is 5.91 Å². The third-order valence-corrected chi connectivity index (χ3v) is 7.14. The Balaban J connectivity index is 1.49. The number of amidine groups is 1. The van der Waals surface area contributed by atoms with Crippen LogP contribution in [0.25, 0.3) is 0 Å². The van der Waals surface area contributed by atoms with Crippen LogP contribution in [0.15, 0.2) is 62.9 Å². The number of halogens is 1. The van der Waals surface area contributed by atoms with E-state index in [1.807, 2.05) is 24.3 Å². The molecule has 2 aliphatic rings. The van der Waals surface area contributed by atoms with Crippen molar-refractivity contribution in [1.82, 2.24) is 10.0 Å². The Labute approximate surface area is 172 Å². The first-order valence-electron chi connectivity index (χ1n) is 9.15. The average Bonchev–Trinajstić information content (AvgIpc) is 2.90. The second-order valence-electron chi connectivity index (χ2n) is 7.05. The number of carbonyl (C=O) groups is 1. The quantitative estimate of drug-likeness (QED) is 0.716. The number of hydrogen-bond acceptors (Lipinski definition) is 4. The van der Waals surface area contributed by atoms with Gasteiger partial charge in [0.15, 0.2) is 0 Å². The second kappa shape index (κ2) is 7.67. The number of sulfonamides is 1. The van der Waals surface area contributed by atoms with E-state index in [1.54, 1.807) is 18.2 Å². The Bertz CT molecular complexity index is 1030. The largest absolute Gasteiger partial charge is 0.347 e. The van der Waals surface area contributed by atoms with Crippen LogP contribution in [0.3, 0.4) is 0 Å². The Morgan fingerprint density at radius 3 is 2.57 bits per heavy atom. The van der Waals surface area contributed by atoms with E-state index in [9.17, 15) is 13.2 Å². The Morgan fingerprint density at radius 2 is 1.89 bits per heavy atom. The van der Waals surface area contributed by atoms with Gasteiger partial charge in [-0.3, -0.25) is 14.5 Å². The minimum absolute atomic E-state index is 0.0536. The van der Waals surface area contributed by atoms with Gasteiger partial charge in [-0.25, -0.2) is 8.42 Å². The Kier molecular flexibility index (Phi) is 5.25. The average molecular weight is 462 g/mol. The lowest BCUT2D eigenvalue weighted by Gasteiger charge is -2.34. The van der Waals surface area contributed by atoms with Crippen molar-refractivity contribution in [3.63, 3.8) is 0 Å². The summed E-state index contributed by atoms with van der Waals surface area (Å²) in [6, 6.07) is 14.5. The Hall–Kier alpha value is -2.19. The lowest BCUT2D eigenvalue weighted by molar-refractivity contribution is -0.121. The van der Waals surface area contributed by atoms with Gasteiger partial charge in [-0.2, -0.15) is 0 Å². The van der Waals surface area contributed by atoms with Crippen molar-refractivity contribution in [3.8, 4) is 0 Å². The monoisotopic (exact) mass is 461 g/mol. The van der Waals surface area contributed by atoms with Gasteiger partial charge in [0.05, 0.1) is 10.9 Å². The van der Waals surface area contributed by atoms with Crippen molar-refractivity contribution >= 4 is 37.7 Å². The first-order valence-corrected chi connectivity index (χ1v) is 11.4. The van der Waals surface area contributed by atoms with Crippen molar-refractivity contribution in [2.24, 2.45) is 10.9 Å². The number of benzene rings is 2. The van der Waals surface area contributed by atoms with Crippen LogP contribution < -0.4 is 10.0 Å². The van der Waals surface area contributed by atoms with Crippen molar-refractivity contribution in [2.45, 2.75) is 30.2 Å². The Morgan fingerprint density at radius 1 is 1.18 bits per heavy atom. The van der Waals surface area contributed by atoms with Crippen molar-refractivity contribution in [1.29, 1.82) is 0 Å². The molecule has 1 fully saturated rings. The third kappa shape index (κ3) is 3.84. The van der Waals surface area contributed by atoms with E-state index < -0.39 is 10.0 Å². The molecule has 4 rings (SSSR count). The fraction of sp³-hybridized carbons (Fsp3) is 0.300. The molecule has 2 aromatic carbocycles. The first kappa shape index (κ1) is 19.1. The summed E-state index contributed by atoms with van der Waals surface area (Å²) in [7, 11) is -3.60. The zero-order valence-corrected chi connectivity index (χ0v) is 17.5. The summed E-state index contributed by atoms with van der Waals surface area (Å²) in [6.07, 6.45) is 3.35. The molecule has 2 aromatic rings. The third-order valence-electron chi connectivity index (χ3n) is 5.21. The number of aliphatic imine (C=N–C) groups is 1. The maximum absolute atomic E-state index is 12.6. The number of nitrogens with one attached hydrogen (secondary N) is 2. The number of hydrogen-bond donors (Lipinski definition) is 2. The summed E-state index contributed by atoms with van der Waals surface area (Å²) in [5.41, 5.74) is 1.57. The summed E-state index contributed by atoms with van der Waals surface area (Å²) in [5, 5.41) is 3.08. The molecule has 28 heavy (non-hydrogen) atoms. The van der Waals surface area contributed by atoms with Crippen molar-refractivity contribution in [3.05, 3.63) is 64.1 Å². The van der Waals surface area contributed by atoms with Gasteiger partial charge in [-0.05, 0) is 48.6 Å². The number of nitrogens with zero attached hydrogens (tertiary/aromatic N) is 1. The maximum Gasteiger partial charge on any atom is 0.263 e. The van der Waals surface area contributed by atoms with Crippen LogP contribution in [0.5, 0.6) is 0 Å².